The number of hydrogen-bond acceptors (Lipinski definition) is 7. The van der Waals surface area contributed by atoms with E-state index in [1.807, 2.05) is 6.07 Å². The van der Waals surface area contributed by atoms with Gasteiger partial charge in [-0.3, -0.25) is 19.0 Å². The van der Waals surface area contributed by atoms with Crippen LogP contribution in [0, 0.1) is 17.1 Å². The molecular weight excluding hydrogens is 495 g/mol. The first-order valence-electron chi connectivity index (χ1n) is 11.5. The van der Waals surface area contributed by atoms with Crippen LogP contribution in [0.15, 0.2) is 53.3 Å². The molecule has 0 saturated heterocycles. The maximum absolute atomic E-state index is 13.1. The van der Waals surface area contributed by atoms with Crippen molar-refractivity contribution in [2.75, 3.05) is 35.7 Å². The smallest absolute Gasteiger partial charge is 0.270 e. The number of nitriles is 1. The maximum Gasteiger partial charge on any atom is 0.270 e. The van der Waals surface area contributed by atoms with Crippen LogP contribution < -0.4 is 35.6 Å². The molecule has 2 amide bonds. The van der Waals surface area contributed by atoms with Crippen molar-refractivity contribution in [3.8, 4) is 6.07 Å². The summed E-state index contributed by atoms with van der Waals surface area (Å²) in [4.78, 5) is 39.3. The van der Waals surface area contributed by atoms with Crippen LogP contribution in [0.25, 0.3) is 11.8 Å². The van der Waals surface area contributed by atoms with Crippen LogP contribution in [0.4, 0.5) is 21.5 Å². The minimum Gasteiger partial charge on any atom is -0.365 e. The summed E-state index contributed by atoms with van der Waals surface area (Å²) in [5, 5.41) is 18.0. The number of thiazole rings is 1. The molecule has 0 aliphatic heterocycles. The summed E-state index contributed by atoms with van der Waals surface area (Å²) in [6, 6.07) is 14.7. The van der Waals surface area contributed by atoms with Crippen molar-refractivity contribution in [1.29, 1.82) is 5.26 Å². The second kappa shape index (κ2) is 12.5. The summed E-state index contributed by atoms with van der Waals surface area (Å²) in [6.45, 7) is 4.24. The standard InChI is InChI=1S/C26H27FN6O3S/c1-4-29-24(35)21(14-28)26-33(5-2)25(36)22(37-26)15-30-18-7-6-8-19(13-18)31-23(34)16-32(3)20-11-9-17(27)10-12-20/h6-13,15,30H,4-5,16H2,1-3H3,(H,29,35)(H,31,34). The Morgan fingerprint density at radius 2 is 1.86 bits per heavy atom. The molecule has 192 valence electrons. The van der Waals surface area contributed by atoms with Gasteiger partial charge in [0.1, 0.15) is 21.1 Å². The van der Waals surface area contributed by atoms with Crippen molar-refractivity contribution in [3.05, 3.63) is 73.9 Å². The zero-order chi connectivity index (χ0) is 26.9. The molecule has 37 heavy (non-hydrogen) atoms. The molecule has 0 radical (unpaired) electrons. The molecule has 0 aliphatic carbocycles. The molecule has 3 aromatic rings. The fourth-order valence-electron chi connectivity index (χ4n) is 3.48. The number of rotatable bonds is 9. The van der Waals surface area contributed by atoms with Crippen molar-refractivity contribution < 1.29 is 14.0 Å². The molecule has 11 heteroatoms. The fraction of sp³-hybridized carbons (Fsp3) is 0.231. The van der Waals surface area contributed by atoms with Crippen LogP contribution in [0.1, 0.15) is 13.8 Å². The largest absolute Gasteiger partial charge is 0.365 e. The van der Waals surface area contributed by atoms with Gasteiger partial charge in [0.05, 0.1) is 6.54 Å². The SMILES string of the molecule is CCNC(=O)C(C#N)=c1sc(=CNc2cccc(NC(=O)CN(C)c3ccc(F)cc3)c2)c(=O)n1CC. The van der Waals surface area contributed by atoms with Crippen LogP contribution in [-0.4, -0.2) is 36.5 Å². The molecule has 9 nitrogen and oxygen atoms in total. The van der Waals surface area contributed by atoms with Gasteiger partial charge in [0.2, 0.25) is 5.91 Å². The van der Waals surface area contributed by atoms with E-state index in [1.165, 1.54) is 22.9 Å². The average Bonchev–Trinajstić information content (AvgIpc) is 3.18. The highest BCUT2D eigenvalue weighted by molar-refractivity contribution is 7.07. The summed E-state index contributed by atoms with van der Waals surface area (Å²) in [7, 11) is 1.74. The molecule has 0 saturated carbocycles. The van der Waals surface area contributed by atoms with Crippen LogP contribution in [0.5, 0.6) is 0 Å². The molecule has 0 spiro atoms. The summed E-state index contributed by atoms with van der Waals surface area (Å²) in [6.07, 6.45) is 1.51. The van der Waals surface area contributed by atoms with E-state index in [0.717, 1.165) is 11.3 Å². The highest BCUT2D eigenvalue weighted by atomic mass is 32.1. The zero-order valence-electron chi connectivity index (χ0n) is 20.7. The Morgan fingerprint density at radius 1 is 1.16 bits per heavy atom. The van der Waals surface area contributed by atoms with Crippen LogP contribution in [-0.2, 0) is 16.1 Å². The van der Waals surface area contributed by atoms with Gasteiger partial charge in [-0.1, -0.05) is 6.07 Å². The quantitative estimate of drug-likeness (QED) is 0.394. The van der Waals surface area contributed by atoms with Crippen molar-refractivity contribution >= 4 is 52.0 Å². The van der Waals surface area contributed by atoms with E-state index in [-0.39, 0.29) is 29.4 Å². The van der Waals surface area contributed by atoms with Crippen LogP contribution in [0.2, 0.25) is 0 Å². The maximum atomic E-state index is 13.1. The number of likely N-dealkylation sites (N-methyl/N-ethyl adjacent to an activating group) is 1. The summed E-state index contributed by atoms with van der Waals surface area (Å²) < 4.78 is 15.1. The number of nitrogens with one attached hydrogen (secondary N) is 3. The zero-order valence-corrected chi connectivity index (χ0v) is 21.5. The molecule has 2 aromatic carbocycles. The summed E-state index contributed by atoms with van der Waals surface area (Å²) >= 11 is 1.05. The van der Waals surface area contributed by atoms with Gasteiger partial charge in [0.25, 0.3) is 11.5 Å². The Hall–Kier alpha value is -4.43. The Bertz CT molecular complexity index is 1500. The first-order chi connectivity index (χ1) is 17.8. The molecule has 0 bridgehead atoms. The monoisotopic (exact) mass is 522 g/mol. The number of carbonyl (C=O) groups is 2. The summed E-state index contributed by atoms with van der Waals surface area (Å²) in [5.41, 5.74) is 1.44. The van der Waals surface area contributed by atoms with Crippen molar-refractivity contribution in [2.24, 2.45) is 0 Å². The van der Waals surface area contributed by atoms with Crippen molar-refractivity contribution in [2.45, 2.75) is 20.4 Å². The lowest BCUT2D eigenvalue weighted by atomic mass is 10.2. The topological polar surface area (TPSA) is 119 Å². The fourth-order valence-corrected chi connectivity index (χ4v) is 4.56. The molecule has 3 rings (SSSR count). The Kier molecular flexibility index (Phi) is 9.18. The van der Waals surface area contributed by atoms with Gasteiger partial charge in [-0.05, 0) is 56.3 Å². The van der Waals surface area contributed by atoms with Gasteiger partial charge in [0.15, 0.2) is 5.57 Å². The van der Waals surface area contributed by atoms with Crippen molar-refractivity contribution in [1.82, 2.24) is 9.88 Å². The van der Waals surface area contributed by atoms with Crippen LogP contribution >= 0.6 is 11.3 Å². The first-order valence-corrected chi connectivity index (χ1v) is 12.3. The number of aromatic nitrogens is 1. The Balaban J connectivity index is 1.78. The Labute approximate surface area is 217 Å². The lowest BCUT2D eigenvalue weighted by molar-refractivity contribution is -0.116. The lowest BCUT2D eigenvalue weighted by Crippen LogP contribution is -2.34. The number of anilines is 3. The van der Waals surface area contributed by atoms with E-state index in [4.69, 9.17) is 0 Å². The minimum absolute atomic E-state index is 0.0628. The number of nitrogens with zero attached hydrogens (tertiary/aromatic N) is 3. The number of hydrogen-bond donors (Lipinski definition) is 3. The predicted molar refractivity (Wildman–Crippen MR) is 144 cm³/mol. The van der Waals surface area contributed by atoms with Gasteiger partial charge in [-0.15, -0.1) is 11.3 Å². The van der Waals surface area contributed by atoms with E-state index < -0.39 is 5.91 Å². The Morgan fingerprint density at radius 3 is 2.51 bits per heavy atom. The molecule has 0 aliphatic rings. The van der Waals surface area contributed by atoms with Crippen molar-refractivity contribution in [3.63, 3.8) is 0 Å². The van der Waals surface area contributed by atoms with E-state index in [0.29, 0.717) is 39.3 Å². The van der Waals surface area contributed by atoms with E-state index in [9.17, 15) is 24.0 Å². The van der Waals surface area contributed by atoms with Gasteiger partial charge >= 0.3 is 0 Å². The second-order valence-corrected chi connectivity index (χ2v) is 8.95. The molecule has 0 unspecified atom stereocenters. The second-order valence-electron chi connectivity index (χ2n) is 7.92. The third-order valence-electron chi connectivity index (χ3n) is 5.28. The average molecular weight is 523 g/mol. The number of benzene rings is 2. The lowest BCUT2D eigenvalue weighted by Gasteiger charge is -2.18. The third-order valence-corrected chi connectivity index (χ3v) is 6.41. The molecule has 3 N–H and O–H groups in total. The van der Waals surface area contributed by atoms with Gasteiger partial charge in [-0.2, -0.15) is 5.26 Å². The third kappa shape index (κ3) is 6.83. The molecular formula is C26H27FN6O3S. The van der Waals surface area contributed by atoms with E-state index in [1.54, 1.807) is 62.2 Å². The highest BCUT2D eigenvalue weighted by Gasteiger charge is 2.14. The number of amides is 2. The predicted octanol–water partition coefficient (Wildman–Crippen LogP) is 1.80. The molecule has 0 atom stereocenters. The minimum atomic E-state index is -0.526. The molecule has 0 fully saturated rings. The van der Waals surface area contributed by atoms with E-state index >= 15 is 0 Å². The van der Waals surface area contributed by atoms with Crippen LogP contribution in [0.3, 0.4) is 0 Å². The normalized spacial score (nSPS) is 11.9. The highest BCUT2D eigenvalue weighted by Crippen LogP contribution is 2.16. The van der Waals surface area contributed by atoms with Gasteiger partial charge < -0.3 is 20.9 Å². The van der Waals surface area contributed by atoms with Gasteiger partial charge in [-0.25, -0.2) is 4.39 Å². The number of halogens is 1. The molecule has 1 heterocycles. The number of carbonyl (C=O) groups excluding carboxylic acids is 2. The van der Waals surface area contributed by atoms with E-state index in [2.05, 4.69) is 16.0 Å². The van der Waals surface area contributed by atoms with Gasteiger partial charge in [0, 0.05) is 43.4 Å². The molecule has 1 aromatic heterocycles. The first kappa shape index (κ1) is 27.2. The summed E-state index contributed by atoms with van der Waals surface area (Å²) in [5.74, 6) is -1.13.